The molecule has 0 saturated carbocycles. The van der Waals surface area contributed by atoms with E-state index in [0.717, 1.165) is 0 Å². The fraction of sp³-hybridized carbons (Fsp3) is 1.00. The lowest BCUT2D eigenvalue weighted by Gasteiger charge is -2.40. The number of piperidine rings is 1. The minimum absolute atomic E-state index is 0.298. The maximum Gasteiger partial charge on any atom is 0.145 e. The first-order valence-corrected chi connectivity index (χ1v) is 4.09. The molecule has 2 heterocycles. The summed E-state index contributed by atoms with van der Waals surface area (Å²) in [5.74, 6) is 0. The van der Waals surface area contributed by atoms with E-state index in [4.69, 9.17) is 0 Å². The zero-order chi connectivity index (χ0) is 8.93. The van der Waals surface area contributed by atoms with Crippen LogP contribution in [-0.2, 0) is 0 Å². The molecule has 2 bridgehead atoms. The average Bonchev–Trinajstić information content (AvgIpc) is 2.41. The fourth-order valence-corrected chi connectivity index (χ4v) is 2.04. The molecule has 5 heteroatoms. The van der Waals surface area contributed by atoms with Gasteiger partial charge in [0.05, 0.1) is 6.10 Å². The first-order valence-electron chi connectivity index (χ1n) is 4.09. The molecular formula is C7H13NO4. The third-order valence-electron chi connectivity index (χ3n) is 2.85. The second-order valence-corrected chi connectivity index (χ2v) is 3.64. The lowest BCUT2D eigenvalue weighted by Crippen LogP contribution is -2.67. The minimum Gasteiger partial charge on any atom is -0.389 e. The minimum atomic E-state index is -1.40. The molecule has 2 saturated heterocycles. The third kappa shape index (κ3) is 0.915. The van der Waals surface area contributed by atoms with Gasteiger partial charge in [-0.15, -0.1) is 0 Å². The number of hydrogen-bond acceptors (Lipinski definition) is 5. The number of rotatable bonds is 0. The van der Waals surface area contributed by atoms with Gasteiger partial charge in [-0.3, -0.25) is 5.32 Å². The summed E-state index contributed by atoms with van der Waals surface area (Å²) in [5.41, 5.74) is -1.40. The Balaban J connectivity index is 2.25. The Morgan fingerprint density at radius 2 is 1.83 bits per heavy atom. The van der Waals surface area contributed by atoms with Crippen molar-refractivity contribution in [2.24, 2.45) is 0 Å². The van der Waals surface area contributed by atoms with Gasteiger partial charge in [0.25, 0.3) is 0 Å². The monoisotopic (exact) mass is 175 g/mol. The first-order chi connectivity index (χ1) is 5.54. The highest BCUT2D eigenvalue weighted by Crippen LogP contribution is 2.34. The number of nitrogens with one attached hydrogen (secondary N) is 1. The zero-order valence-corrected chi connectivity index (χ0v) is 6.51. The Labute approximate surface area is 69.6 Å². The predicted molar refractivity (Wildman–Crippen MR) is 39.1 cm³/mol. The highest BCUT2D eigenvalue weighted by atomic mass is 16.4. The summed E-state index contributed by atoms with van der Waals surface area (Å²) in [6.07, 6.45) is -2.59. The van der Waals surface area contributed by atoms with Crippen LogP contribution in [-0.4, -0.2) is 50.5 Å². The van der Waals surface area contributed by atoms with Gasteiger partial charge in [0.1, 0.15) is 17.9 Å². The van der Waals surface area contributed by atoms with Crippen molar-refractivity contribution in [3.8, 4) is 0 Å². The fourth-order valence-electron chi connectivity index (χ4n) is 2.04. The van der Waals surface area contributed by atoms with Crippen LogP contribution >= 0.6 is 0 Å². The molecule has 2 rings (SSSR count). The average molecular weight is 175 g/mol. The first kappa shape index (κ1) is 8.40. The van der Waals surface area contributed by atoms with Gasteiger partial charge in [-0.1, -0.05) is 0 Å². The van der Waals surface area contributed by atoms with E-state index in [1.807, 2.05) is 0 Å². The Bertz CT molecular complexity index is 200. The van der Waals surface area contributed by atoms with Crippen LogP contribution in [0.1, 0.15) is 12.8 Å². The SMILES string of the molecule is O[C@@H]1[C@H](O)[C@H](O)[C@@]2(O)CC[C@@H]1N2. The second kappa shape index (κ2) is 2.40. The van der Waals surface area contributed by atoms with E-state index < -0.39 is 24.0 Å². The van der Waals surface area contributed by atoms with Crippen LogP contribution in [0.15, 0.2) is 0 Å². The molecule has 12 heavy (non-hydrogen) atoms. The summed E-state index contributed by atoms with van der Waals surface area (Å²) in [6, 6.07) is -0.298. The van der Waals surface area contributed by atoms with Crippen molar-refractivity contribution >= 4 is 0 Å². The molecule has 0 radical (unpaired) electrons. The van der Waals surface area contributed by atoms with Gasteiger partial charge < -0.3 is 20.4 Å². The van der Waals surface area contributed by atoms with Crippen LogP contribution in [0.3, 0.4) is 0 Å². The third-order valence-corrected chi connectivity index (χ3v) is 2.85. The molecule has 5 N–H and O–H groups in total. The van der Waals surface area contributed by atoms with Gasteiger partial charge in [-0.25, -0.2) is 0 Å². The summed E-state index contributed by atoms with van der Waals surface area (Å²) < 4.78 is 0. The second-order valence-electron chi connectivity index (χ2n) is 3.64. The molecule has 2 aliphatic heterocycles. The van der Waals surface area contributed by atoms with Crippen molar-refractivity contribution in [1.82, 2.24) is 5.32 Å². The Morgan fingerprint density at radius 3 is 2.50 bits per heavy atom. The van der Waals surface area contributed by atoms with Crippen LogP contribution in [0.2, 0.25) is 0 Å². The lowest BCUT2D eigenvalue weighted by atomic mass is 9.94. The van der Waals surface area contributed by atoms with Crippen LogP contribution in [0.5, 0.6) is 0 Å². The maximum absolute atomic E-state index is 9.65. The predicted octanol–water partition coefficient (Wildman–Crippen LogP) is -2.48. The lowest BCUT2D eigenvalue weighted by molar-refractivity contribution is -0.186. The van der Waals surface area contributed by atoms with Crippen molar-refractivity contribution < 1.29 is 20.4 Å². The topological polar surface area (TPSA) is 93.0 Å². The van der Waals surface area contributed by atoms with Crippen molar-refractivity contribution in [2.75, 3.05) is 0 Å². The Kier molecular flexibility index (Phi) is 1.68. The van der Waals surface area contributed by atoms with E-state index in [1.54, 1.807) is 0 Å². The molecule has 5 nitrogen and oxygen atoms in total. The van der Waals surface area contributed by atoms with Crippen molar-refractivity contribution in [1.29, 1.82) is 0 Å². The van der Waals surface area contributed by atoms with E-state index in [1.165, 1.54) is 0 Å². The van der Waals surface area contributed by atoms with Crippen molar-refractivity contribution in [3.05, 3.63) is 0 Å². The van der Waals surface area contributed by atoms with Crippen molar-refractivity contribution in [2.45, 2.75) is 42.9 Å². The highest BCUT2D eigenvalue weighted by Gasteiger charge is 2.55. The quantitative estimate of drug-likeness (QED) is 0.281. The van der Waals surface area contributed by atoms with Gasteiger partial charge in [0.15, 0.2) is 0 Å². The molecule has 2 aliphatic rings. The molecule has 0 aromatic carbocycles. The van der Waals surface area contributed by atoms with Gasteiger partial charge >= 0.3 is 0 Å². The van der Waals surface area contributed by atoms with E-state index in [2.05, 4.69) is 5.32 Å². The normalized spacial score (nSPS) is 59.0. The van der Waals surface area contributed by atoms with Gasteiger partial charge in [-0.05, 0) is 12.8 Å². The van der Waals surface area contributed by atoms with Crippen LogP contribution in [0, 0.1) is 0 Å². The summed E-state index contributed by atoms with van der Waals surface area (Å²) >= 11 is 0. The van der Waals surface area contributed by atoms with E-state index >= 15 is 0 Å². The summed E-state index contributed by atoms with van der Waals surface area (Å²) in [5, 5.41) is 40.4. The smallest absolute Gasteiger partial charge is 0.145 e. The maximum atomic E-state index is 9.65. The molecule has 0 aromatic heterocycles. The molecule has 0 amide bonds. The summed E-state index contributed by atoms with van der Waals surface area (Å²) in [6.45, 7) is 0. The van der Waals surface area contributed by atoms with E-state index in [-0.39, 0.29) is 6.04 Å². The zero-order valence-electron chi connectivity index (χ0n) is 6.51. The summed E-state index contributed by atoms with van der Waals surface area (Å²) in [7, 11) is 0. The molecular weight excluding hydrogens is 162 g/mol. The number of aliphatic hydroxyl groups is 4. The van der Waals surface area contributed by atoms with Gasteiger partial charge in [-0.2, -0.15) is 0 Å². The van der Waals surface area contributed by atoms with Crippen molar-refractivity contribution in [3.63, 3.8) is 0 Å². The highest BCUT2D eigenvalue weighted by molar-refractivity contribution is 5.07. The standard InChI is InChI=1S/C7H13NO4/c9-4-3-1-2-7(12,8-3)6(11)5(4)10/h3-6,8-12H,1-2H2/t3-,4-,5-,6-,7-/m0/s1. The van der Waals surface area contributed by atoms with E-state index in [9.17, 15) is 20.4 Å². The Morgan fingerprint density at radius 1 is 1.17 bits per heavy atom. The molecule has 5 atom stereocenters. The van der Waals surface area contributed by atoms with Crippen LogP contribution in [0.4, 0.5) is 0 Å². The molecule has 0 aromatic rings. The molecule has 0 unspecified atom stereocenters. The van der Waals surface area contributed by atoms with Crippen LogP contribution < -0.4 is 5.32 Å². The molecule has 0 aliphatic carbocycles. The molecule has 0 spiro atoms. The van der Waals surface area contributed by atoms with Gasteiger partial charge in [0, 0.05) is 6.04 Å². The largest absolute Gasteiger partial charge is 0.389 e. The Hall–Kier alpha value is -0.200. The van der Waals surface area contributed by atoms with Crippen LogP contribution in [0.25, 0.3) is 0 Å². The number of fused-ring (bicyclic) bond motifs is 2. The van der Waals surface area contributed by atoms with Gasteiger partial charge in [0.2, 0.25) is 0 Å². The number of hydrogen-bond donors (Lipinski definition) is 5. The summed E-state index contributed by atoms with van der Waals surface area (Å²) in [4.78, 5) is 0. The number of aliphatic hydroxyl groups excluding tert-OH is 3. The molecule has 70 valence electrons. The van der Waals surface area contributed by atoms with E-state index in [0.29, 0.717) is 12.8 Å². The molecule has 2 fully saturated rings.